The Hall–Kier alpha value is -1.95. The number of carbonyl (C=O) groups is 2. The molecule has 0 atom stereocenters. The molecule has 116 valence electrons. The van der Waals surface area contributed by atoms with E-state index < -0.39 is 0 Å². The van der Waals surface area contributed by atoms with Gasteiger partial charge in [0, 0.05) is 5.92 Å². The Balaban J connectivity index is 2.20. The van der Waals surface area contributed by atoms with Gasteiger partial charge in [-0.25, -0.2) is 0 Å². The van der Waals surface area contributed by atoms with Gasteiger partial charge in [-0.05, 0) is 43.9 Å². The van der Waals surface area contributed by atoms with E-state index in [-0.39, 0.29) is 24.3 Å². The molecule has 2 aromatic rings. The van der Waals surface area contributed by atoms with Gasteiger partial charge in [0.25, 0.3) is 5.91 Å². The van der Waals surface area contributed by atoms with Crippen molar-refractivity contribution >= 4 is 33.4 Å². The van der Waals surface area contributed by atoms with Gasteiger partial charge in [-0.3, -0.25) is 9.59 Å². The van der Waals surface area contributed by atoms with Crippen LogP contribution < -0.4 is 4.80 Å². The van der Waals surface area contributed by atoms with Gasteiger partial charge in [-0.15, -0.1) is 0 Å². The zero-order valence-electron chi connectivity index (χ0n) is 12.9. The fourth-order valence-corrected chi connectivity index (χ4v) is 3.74. The minimum atomic E-state index is -0.347. The highest BCUT2D eigenvalue weighted by molar-refractivity contribution is 7.16. The molecule has 0 bridgehead atoms. The Morgan fingerprint density at radius 2 is 2.09 bits per heavy atom. The number of aromatic nitrogens is 1. The molecular formula is C16H18N2O3S. The van der Waals surface area contributed by atoms with Crippen molar-refractivity contribution in [2.45, 2.75) is 33.2 Å². The summed E-state index contributed by atoms with van der Waals surface area (Å²) in [6.07, 6.45) is 1.84. The van der Waals surface area contributed by atoms with Crippen molar-refractivity contribution in [2.75, 3.05) is 7.11 Å². The van der Waals surface area contributed by atoms with Crippen molar-refractivity contribution < 1.29 is 14.3 Å². The predicted octanol–water partition coefficient (Wildman–Crippen LogP) is 2.33. The average molecular weight is 318 g/mol. The molecule has 0 aliphatic heterocycles. The van der Waals surface area contributed by atoms with Gasteiger partial charge in [0.1, 0.15) is 6.54 Å². The minimum absolute atomic E-state index is 0.0666. The number of fused-ring (bicyclic) bond motifs is 1. The molecule has 1 aliphatic rings. The smallest absolute Gasteiger partial charge is 0.325 e. The number of carbonyl (C=O) groups excluding carboxylic acids is 2. The van der Waals surface area contributed by atoms with Gasteiger partial charge >= 0.3 is 5.97 Å². The van der Waals surface area contributed by atoms with Crippen LogP contribution in [0.3, 0.4) is 0 Å². The summed E-state index contributed by atoms with van der Waals surface area (Å²) in [6.45, 7) is 4.10. The summed E-state index contributed by atoms with van der Waals surface area (Å²) in [7, 11) is 1.36. The van der Waals surface area contributed by atoms with E-state index in [4.69, 9.17) is 4.74 Å². The van der Waals surface area contributed by atoms with Crippen LogP contribution in [0.5, 0.6) is 0 Å². The maximum atomic E-state index is 12.0. The van der Waals surface area contributed by atoms with Crippen molar-refractivity contribution in [3.05, 3.63) is 28.1 Å². The molecule has 22 heavy (non-hydrogen) atoms. The molecule has 1 saturated carbocycles. The number of benzene rings is 1. The minimum Gasteiger partial charge on any atom is -0.468 e. The van der Waals surface area contributed by atoms with E-state index in [1.165, 1.54) is 18.4 Å². The van der Waals surface area contributed by atoms with Gasteiger partial charge in [-0.1, -0.05) is 17.4 Å². The van der Waals surface area contributed by atoms with Crippen LogP contribution >= 0.6 is 11.3 Å². The van der Waals surface area contributed by atoms with Crippen molar-refractivity contribution in [3.63, 3.8) is 0 Å². The quantitative estimate of drug-likeness (QED) is 0.816. The second-order valence-corrected chi connectivity index (χ2v) is 6.71. The summed E-state index contributed by atoms with van der Waals surface area (Å²) in [4.78, 5) is 28.6. The SMILES string of the molecule is COC(=O)Cn1c(=NC(=O)C2CC2)sc2cc(C)cc(C)c21. The van der Waals surface area contributed by atoms with Crippen LogP contribution in [-0.2, 0) is 20.9 Å². The number of methoxy groups -OCH3 is 1. The zero-order chi connectivity index (χ0) is 15.9. The van der Waals surface area contributed by atoms with Crippen LogP contribution in [0.4, 0.5) is 0 Å². The Kier molecular flexibility index (Phi) is 3.87. The zero-order valence-corrected chi connectivity index (χ0v) is 13.7. The predicted molar refractivity (Wildman–Crippen MR) is 84.6 cm³/mol. The first kappa shape index (κ1) is 15.0. The third kappa shape index (κ3) is 2.83. The summed E-state index contributed by atoms with van der Waals surface area (Å²) in [6, 6.07) is 4.12. The van der Waals surface area contributed by atoms with Crippen LogP contribution in [0.1, 0.15) is 24.0 Å². The molecule has 0 unspecified atom stereocenters. The molecular weight excluding hydrogens is 300 g/mol. The number of hydrogen-bond donors (Lipinski definition) is 0. The first-order chi connectivity index (χ1) is 10.5. The molecule has 1 amide bonds. The van der Waals surface area contributed by atoms with Gasteiger partial charge in [0.15, 0.2) is 4.80 Å². The third-order valence-electron chi connectivity index (χ3n) is 3.76. The summed E-state index contributed by atoms with van der Waals surface area (Å²) in [5, 5.41) is 0. The lowest BCUT2D eigenvalue weighted by Crippen LogP contribution is -2.23. The lowest BCUT2D eigenvalue weighted by molar-refractivity contribution is -0.141. The molecule has 6 heteroatoms. The Labute approximate surface area is 132 Å². The summed E-state index contributed by atoms with van der Waals surface area (Å²) in [5.74, 6) is -0.362. The highest BCUT2D eigenvalue weighted by Crippen LogP contribution is 2.30. The molecule has 0 N–H and O–H groups in total. The molecule has 1 fully saturated rings. The van der Waals surface area contributed by atoms with Gasteiger partial charge in [0.2, 0.25) is 0 Å². The van der Waals surface area contributed by atoms with Crippen LogP contribution in [0, 0.1) is 19.8 Å². The van der Waals surface area contributed by atoms with E-state index in [0.717, 1.165) is 34.2 Å². The molecule has 0 spiro atoms. The maximum Gasteiger partial charge on any atom is 0.325 e. The largest absolute Gasteiger partial charge is 0.468 e. The van der Waals surface area contributed by atoms with E-state index in [2.05, 4.69) is 17.1 Å². The summed E-state index contributed by atoms with van der Waals surface area (Å²) >= 11 is 1.45. The number of nitrogens with zero attached hydrogens (tertiary/aromatic N) is 2. The number of thiazole rings is 1. The number of rotatable bonds is 3. The first-order valence-corrected chi connectivity index (χ1v) is 8.07. The highest BCUT2D eigenvalue weighted by Gasteiger charge is 2.29. The average Bonchev–Trinajstić information content (AvgIpc) is 3.24. The second kappa shape index (κ2) is 5.68. The van der Waals surface area contributed by atoms with E-state index in [1.807, 2.05) is 13.8 Å². The van der Waals surface area contributed by atoms with Crippen molar-refractivity contribution in [2.24, 2.45) is 10.9 Å². The monoisotopic (exact) mass is 318 g/mol. The standard InChI is InChI=1S/C16H18N2O3S/c1-9-6-10(2)14-12(7-9)22-16(17-15(20)11-4-5-11)18(14)8-13(19)21-3/h6-7,11H,4-5,8H2,1-3H3. The van der Waals surface area contributed by atoms with E-state index in [0.29, 0.717) is 4.80 Å². The molecule has 1 aliphatic carbocycles. The first-order valence-electron chi connectivity index (χ1n) is 7.25. The second-order valence-electron chi connectivity index (χ2n) is 5.70. The number of ether oxygens (including phenoxy) is 1. The highest BCUT2D eigenvalue weighted by atomic mass is 32.1. The molecule has 0 radical (unpaired) electrons. The molecule has 1 aromatic carbocycles. The number of aryl methyl sites for hydroxylation is 2. The molecule has 1 heterocycles. The number of esters is 1. The van der Waals surface area contributed by atoms with E-state index >= 15 is 0 Å². The van der Waals surface area contributed by atoms with Gasteiger partial charge < -0.3 is 9.30 Å². The third-order valence-corrected chi connectivity index (χ3v) is 4.78. The van der Waals surface area contributed by atoms with E-state index in [9.17, 15) is 9.59 Å². The number of amides is 1. The fraction of sp³-hybridized carbons (Fsp3) is 0.438. The molecule has 5 nitrogen and oxygen atoms in total. The Morgan fingerprint density at radius 1 is 1.36 bits per heavy atom. The van der Waals surface area contributed by atoms with Gasteiger partial charge in [-0.2, -0.15) is 4.99 Å². The van der Waals surface area contributed by atoms with Crippen molar-refractivity contribution in [1.29, 1.82) is 0 Å². The molecule has 0 saturated heterocycles. The van der Waals surface area contributed by atoms with Crippen molar-refractivity contribution in [1.82, 2.24) is 4.57 Å². The maximum absolute atomic E-state index is 12.0. The molecule has 3 rings (SSSR count). The Morgan fingerprint density at radius 3 is 2.73 bits per heavy atom. The Bertz CT molecular complexity index is 828. The summed E-state index contributed by atoms with van der Waals surface area (Å²) < 4.78 is 7.60. The van der Waals surface area contributed by atoms with Crippen LogP contribution in [0.25, 0.3) is 10.2 Å². The fourth-order valence-electron chi connectivity index (χ4n) is 2.53. The van der Waals surface area contributed by atoms with Crippen LogP contribution in [0.15, 0.2) is 17.1 Å². The van der Waals surface area contributed by atoms with E-state index in [1.54, 1.807) is 4.57 Å². The summed E-state index contributed by atoms with van der Waals surface area (Å²) in [5.41, 5.74) is 3.16. The number of hydrogen-bond acceptors (Lipinski definition) is 4. The normalized spacial score (nSPS) is 15.3. The van der Waals surface area contributed by atoms with Crippen LogP contribution in [-0.4, -0.2) is 23.6 Å². The lowest BCUT2D eigenvalue weighted by atomic mass is 10.1. The lowest BCUT2D eigenvalue weighted by Gasteiger charge is -2.06. The van der Waals surface area contributed by atoms with Crippen molar-refractivity contribution in [3.8, 4) is 0 Å². The molecule has 1 aromatic heterocycles. The van der Waals surface area contributed by atoms with Crippen LogP contribution in [0.2, 0.25) is 0 Å². The van der Waals surface area contributed by atoms with Gasteiger partial charge in [0.05, 0.1) is 17.3 Å². The topological polar surface area (TPSA) is 60.7 Å².